The molecule has 1 N–H and O–H groups in total. The van der Waals surface area contributed by atoms with Crippen molar-refractivity contribution in [2.75, 3.05) is 31.1 Å². The fourth-order valence-corrected chi connectivity index (χ4v) is 4.88. The Morgan fingerprint density at radius 2 is 1.91 bits per heavy atom. The highest BCUT2D eigenvalue weighted by molar-refractivity contribution is 6.05. The molecule has 1 unspecified atom stereocenters. The number of pyridine rings is 1. The molecule has 1 atom stereocenters. The molecule has 2 saturated heterocycles. The van der Waals surface area contributed by atoms with Gasteiger partial charge in [-0.25, -0.2) is 4.39 Å². The first-order valence-corrected chi connectivity index (χ1v) is 11.2. The zero-order valence-electron chi connectivity index (χ0n) is 18.5. The van der Waals surface area contributed by atoms with E-state index in [-0.39, 0.29) is 31.2 Å². The smallest absolute Gasteiger partial charge is 0.255 e. The van der Waals surface area contributed by atoms with Gasteiger partial charge in [-0.2, -0.15) is 0 Å². The first-order chi connectivity index (χ1) is 15.9. The predicted octanol–water partition coefficient (Wildman–Crippen LogP) is 1.61. The molecule has 5 rings (SSSR count). The van der Waals surface area contributed by atoms with E-state index in [4.69, 9.17) is 0 Å². The number of amides is 3. The minimum atomic E-state index is -0.701. The number of carbonyl (C=O) groups is 3. The van der Waals surface area contributed by atoms with E-state index < -0.39 is 17.8 Å². The number of piperidine rings is 1. The Balaban J connectivity index is 1.27. The van der Waals surface area contributed by atoms with Gasteiger partial charge in [-0.15, -0.1) is 0 Å². The molecular formula is C24H26FN5O3. The summed E-state index contributed by atoms with van der Waals surface area (Å²) in [5, 5.41) is 2.29. The van der Waals surface area contributed by atoms with E-state index in [2.05, 4.69) is 21.3 Å². The molecule has 0 saturated carbocycles. The zero-order chi connectivity index (χ0) is 23.1. The van der Waals surface area contributed by atoms with Gasteiger partial charge in [0, 0.05) is 57.4 Å². The molecule has 4 heterocycles. The molecule has 0 radical (unpaired) electrons. The third kappa shape index (κ3) is 4.20. The fourth-order valence-electron chi connectivity index (χ4n) is 4.88. The second kappa shape index (κ2) is 8.55. The highest BCUT2D eigenvalue weighted by Crippen LogP contribution is 2.33. The number of carbonyl (C=O) groups excluding carboxylic acids is 3. The van der Waals surface area contributed by atoms with Crippen LogP contribution in [0.15, 0.2) is 30.5 Å². The van der Waals surface area contributed by atoms with Crippen LogP contribution >= 0.6 is 0 Å². The zero-order valence-corrected chi connectivity index (χ0v) is 18.5. The minimum Gasteiger partial charge on any atom is -0.367 e. The van der Waals surface area contributed by atoms with Crippen molar-refractivity contribution < 1.29 is 18.8 Å². The summed E-state index contributed by atoms with van der Waals surface area (Å²) in [6.45, 7) is 5.97. The van der Waals surface area contributed by atoms with Crippen molar-refractivity contribution in [2.45, 2.75) is 38.9 Å². The van der Waals surface area contributed by atoms with E-state index in [0.717, 1.165) is 25.3 Å². The summed E-state index contributed by atoms with van der Waals surface area (Å²) in [6.07, 6.45) is 2.30. The number of aromatic nitrogens is 1. The SMILES string of the molecule is Cc1ccnc(CN2CCN(c3cc4c(cc3F)C(=O)N(C3CCC(=O)NC3=O)C4)CC2)c1. The molecule has 172 valence electrons. The largest absolute Gasteiger partial charge is 0.367 e. The van der Waals surface area contributed by atoms with Crippen LogP contribution in [0, 0.1) is 12.7 Å². The molecule has 3 aliphatic rings. The van der Waals surface area contributed by atoms with Crippen LogP contribution in [-0.4, -0.2) is 64.7 Å². The normalized spacial score (nSPS) is 21.4. The number of aryl methyl sites for hydroxylation is 1. The van der Waals surface area contributed by atoms with Gasteiger partial charge in [-0.05, 0) is 48.7 Å². The molecular weight excluding hydrogens is 425 g/mol. The van der Waals surface area contributed by atoms with Gasteiger partial charge in [0.1, 0.15) is 11.9 Å². The van der Waals surface area contributed by atoms with E-state index in [9.17, 15) is 14.4 Å². The Hall–Kier alpha value is -3.33. The van der Waals surface area contributed by atoms with E-state index in [0.29, 0.717) is 29.9 Å². The number of nitrogens with zero attached hydrogens (tertiary/aromatic N) is 4. The lowest BCUT2D eigenvalue weighted by molar-refractivity contribution is -0.136. The Bertz CT molecular complexity index is 1130. The minimum absolute atomic E-state index is 0.193. The number of rotatable bonds is 4. The third-order valence-corrected chi connectivity index (χ3v) is 6.66. The summed E-state index contributed by atoms with van der Waals surface area (Å²) in [5.74, 6) is -1.58. The number of piperazine rings is 1. The number of nitrogens with one attached hydrogen (secondary N) is 1. The number of hydrogen-bond acceptors (Lipinski definition) is 6. The van der Waals surface area contributed by atoms with Crippen molar-refractivity contribution in [3.63, 3.8) is 0 Å². The summed E-state index contributed by atoms with van der Waals surface area (Å²) < 4.78 is 15.0. The topological polar surface area (TPSA) is 85.8 Å². The fraction of sp³-hybridized carbons (Fsp3) is 0.417. The van der Waals surface area contributed by atoms with Crippen LogP contribution in [0.4, 0.5) is 10.1 Å². The van der Waals surface area contributed by atoms with Gasteiger partial charge in [0.05, 0.1) is 11.4 Å². The molecule has 1 aromatic carbocycles. The molecule has 1 aromatic heterocycles. The molecule has 0 bridgehead atoms. The third-order valence-electron chi connectivity index (χ3n) is 6.66. The molecule has 3 aliphatic heterocycles. The number of fused-ring (bicyclic) bond motifs is 1. The van der Waals surface area contributed by atoms with Crippen LogP contribution in [0.25, 0.3) is 0 Å². The molecule has 2 fully saturated rings. The summed E-state index contributed by atoms with van der Waals surface area (Å²) in [5.41, 5.74) is 3.71. The second-order valence-electron chi connectivity index (χ2n) is 8.95. The standard InChI is InChI=1S/C24H26FN5O3/c1-15-4-5-26-17(10-15)14-28-6-8-29(9-7-28)21-11-16-13-30(24(33)18(16)12-19(21)25)20-2-3-22(31)27-23(20)32/h4-5,10-12,20H,2-3,6-9,13-14H2,1H3,(H,27,31,32). The highest BCUT2D eigenvalue weighted by atomic mass is 19.1. The van der Waals surface area contributed by atoms with Crippen LogP contribution in [-0.2, 0) is 22.7 Å². The van der Waals surface area contributed by atoms with Crippen molar-refractivity contribution in [1.82, 2.24) is 20.1 Å². The molecule has 9 heteroatoms. The number of hydrogen-bond donors (Lipinski definition) is 1. The lowest BCUT2D eigenvalue weighted by atomic mass is 10.0. The summed E-state index contributed by atoms with van der Waals surface area (Å²) >= 11 is 0. The summed E-state index contributed by atoms with van der Waals surface area (Å²) in [6, 6.07) is 6.39. The summed E-state index contributed by atoms with van der Waals surface area (Å²) in [4.78, 5) is 46.7. The van der Waals surface area contributed by atoms with E-state index in [1.54, 1.807) is 6.07 Å². The van der Waals surface area contributed by atoms with Gasteiger partial charge in [-0.1, -0.05) is 0 Å². The van der Waals surface area contributed by atoms with E-state index in [1.807, 2.05) is 24.1 Å². The van der Waals surface area contributed by atoms with E-state index in [1.165, 1.54) is 16.5 Å². The lowest BCUT2D eigenvalue weighted by Crippen LogP contribution is -2.52. The molecule has 8 nitrogen and oxygen atoms in total. The molecule has 33 heavy (non-hydrogen) atoms. The van der Waals surface area contributed by atoms with Crippen molar-refractivity contribution in [3.05, 3.63) is 58.7 Å². The molecule has 0 spiro atoms. The molecule has 2 aromatic rings. The Labute approximate surface area is 191 Å². The first kappa shape index (κ1) is 21.5. The number of anilines is 1. The first-order valence-electron chi connectivity index (χ1n) is 11.2. The van der Waals surface area contributed by atoms with Crippen LogP contribution in [0.3, 0.4) is 0 Å². The van der Waals surface area contributed by atoms with Crippen molar-refractivity contribution in [3.8, 4) is 0 Å². The Morgan fingerprint density at radius 1 is 1.12 bits per heavy atom. The van der Waals surface area contributed by atoms with Crippen LogP contribution in [0.1, 0.15) is 40.0 Å². The van der Waals surface area contributed by atoms with E-state index >= 15 is 4.39 Å². The van der Waals surface area contributed by atoms with Crippen molar-refractivity contribution in [1.29, 1.82) is 0 Å². The Kier molecular flexibility index (Phi) is 5.57. The van der Waals surface area contributed by atoms with Gasteiger partial charge in [0.25, 0.3) is 5.91 Å². The summed E-state index contributed by atoms with van der Waals surface area (Å²) in [7, 11) is 0. The predicted molar refractivity (Wildman–Crippen MR) is 119 cm³/mol. The van der Waals surface area contributed by atoms with Gasteiger partial charge in [-0.3, -0.25) is 29.6 Å². The van der Waals surface area contributed by atoms with Crippen LogP contribution in [0.5, 0.6) is 0 Å². The van der Waals surface area contributed by atoms with Gasteiger partial charge in [0.2, 0.25) is 11.8 Å². The van der Waals surface area contributed by atoms with Crippen molar-refractivity contribution >= 4 is 23.4 Å². The van der Waals surface area contributed by atoms with Gasteiger partial charge in [0.15, 0.2) is 0 Å². The molecule has 3 amide bonds. The highest BCUT2D eigenvalue weighted by Gasteiger charge is 2.39. The lowest BCUT2D eigenvalue weighted by Gasteiger charge is -2.36. The van der Waals surface area contributed by atoms with Crippen molar-refractivity contribution in [2.24, 2.45) is 0 Å². The maximum Gasteiger partial charge on any atom is 0.255 e. The quantitative estimate of drug-likeness (QED) is 0.711. The van der Waals surface area contributed by atoms with Crippen LogP contribution < -0.4 is 10.2 Å². The maximum atomic E-state index is 15.0. The number of imide groups is 1. The van der Waals surface area contributed by atoms with Gasteiger partial charge >= 0.3 is 0 Å². The second-order valence-corrected chi connectivity index (χ2v) is 8.95. The number of benzene rings is 1. The Morgan fingerprint density at radius 3 is 2.64 bits per heavy atom. The molecule has 0 aliphatic carbocycles. The van der Waals surface area contributed by atoms with Crippen LogP contribution in [0.2, 0.25) is 0 Å². The van der Waals surface area contributed by atoms with Gasteiger partial charge < -0.3 is 9.80 Å². The number of halogens is 1. The average molecular weight is 452 g/mol. The average Bonchev–Trinajstić information content (AvgIpc) is 3.09. The monoisotopic (exact) mass is 451 g/mol. The maximum absolute atomic E-state index is 15.0.